The maximum absolute atomic E-state index is 13.8. The first kappa shape index (κ1) is 37.4. The molecule has 4 atom stereocenters. The Bertz CT molecular complexity index is 1180. The highest BCUT2D eigenvalue weighted by molar-refractivity contribution is 5.95. The third-order valence-corrected chi connectivity index (χ3v) is 7.46. The third kappa shape index (κ3) is 13.4. The summed E-state index contributed by atoms with van der Waals surface area (Å²) in [5.74, 6) is -1.63. The lowest BCUT2D eigenvalue weighted by molar-refractivity contribution is -0.138. The number of nitrogens with zero attached hydrogens (tertiary/aromatic N) is 1. The van der Waals surface area contributed by atoms with E-state index in [1.54, 1.807) is 12.0 Å². The van der Waals surface area contributed by atoms with Crippen molar-refractivity contribution in [1.29, 1.82) is 0 Å². The van der Waals surface area contributed by atoms with E-state index >= 15 is 0 Å². The summed E-state index contributed by atoms with van der Waals surface area (Å²) in [6.07, 6.45) is 1.74. The molecule has 11 nitrogen and oxygen atoms in total. The van der Waals surface area contributed by atoms with Gasteiger partial charge in [-0.15, -0.1) is 0 Å². The molecule has 0 heterocycles. The minimum absolute atomic E-state index is 0.0505. The molecule has 0 aliphatic heterocycles. The molecule has 2 rings (SSSR count). The topological polar surface area (TPSA) is 169 Å². The van der Waals surface area contributed by atoms with Crippen molar-refractivity contribution in [2.24, 2.45) is 17.4 Å². The van der Waals surface area contributed by atoms with Crippen LogP contribution >= 0.6 is 0 Å². The summed E-state index contributed by atoms with van der Waals surface area (Å²) < 4.78 is 5.14. The van der Waals surface area contributed by atoms with Gasteiger partial charge in [-0.3, -0.25) is 19.2 Å². The van der Waals surface area contributed by atoms with E-state index in [9.17, 15) is 19.2 Å². The maximum Gasteiger partial charge on any atom is 0.245 e. The Kier molecular flexibility index (Phi) is 16.8. The van der Waals surface area contributed by atoms with Gasteiger partial charge in [0, 0.05) is 26.6 Å². The van der Waals surface area contributed by atoms with Crippen molar-refractivity contribution in [2.75, 3.05) is 33.4 Å². The Balaban J connectivity index is 2.25. The van der Waals surface area contributed by atoms with Crippen LogP contribution in [-0.2, 0) is 36.8 Å². The Morgan fingerprint density at radius 1 is 0.800 bits per heavy atom. The fraction of sp³-hybridized carbons (Fsp3) is 0.529. The highest BCUT2D eigenvalue weighted by Crippen LogP contribution is 2.11. The first-order chi connectivity index (χ1) is 21.6. The predicted molar refractivity (Wildman–Crippen MR) is 176 cm³/mol. The van der Waals surface area contributed by atoms with Crippen LogP contribution in [0.2, 0.25) is 0 Å². The molecule has 0 unspecified atom stereocenters. The number of rotatable bonds is 20. The molecular weight excluding hydrogens is 572 g/mol. The zero-order valence-electron chi connectivity index (χ0n) is 27.2. The van der Waals surface area contributed by atoms with E-state index in [0.717, 1.165) is 11.1 Å². The van der Waals surface area contributed by atoms with E-state index in [1.165, 1.54) is 0 Å². The van der Waals surface area contributed by atoms with Crippen molar-refractivity contribution in [3.63, 3.8) is 0 Å². The molecule has 0 spiro atoms. The van der Waals surface area contributed by atoms with Crippen molar-refractivity contribution in [3.05, 3.63) is 71.8 Å². The van der Waals surface area contributed by atoms with E-state index in [4.69, 9.17) is 16.2 Å². The number of hydrogen-bond acceptors (Lipinski definition) is 7. The van der Waals surface area contributed by atoms with Gasteiger partial charge >= 0.3 is 0 Å². The number of methoxy groups -OCH3 is 1. The first-order valence-corrected chi connectivity index (χ1v) is 15.8. The molecule has 0 aromatic heterocycles. The summed E-state index contributed by atoms with van der Waals surface area (Å²) in [5, 5.41) is 8.56. The van der Waals surface area contributed by atoms with Gasteiger partial charge in [0.05, 0.1) is 12.6 Å². The number of ether oxygens (including phenoxy) is 1. The van der Waals surface area contributed by atoms with Crippen LogP contribution in [0.1, 0.15) is 51.2 Å². The molecular formula is C34H52N6O5. The molecule has 0 aliphatic rings. The number of nitrogens with one attached hydrogen (secondary N) is 3. The zero-order chi connectivity index (χ0) is 33.2. The Hall–Kier alpha value is -3.80. The fourth-order valence-electron chi connectivity index (χ4n) is 4.97. The lowest BCUT2D eigenvalue weighted by Crippen LogP contribution is -2.58. The van der Waals surface area contributed by atoms with Gasteiger partial charge in [0.1, 0.15) is 18.1 Å². The second kappa shape index (κ2) is 20.3. The van der Waals surface area contributed by atoms with Crippen LogP contribution < -0.4 is 27.4 Å². The Morgan fingerprint density at radius 2 is 1.33 bits per heavy atom. The van der Waals surface area contributed by atoms with Gasteiger partial charge in [0.15, 0.2) is 0 Å². The highest BCUT2D eigenvalue weighted by atomic mass is 16.5. The molecule has 7 N–H and O–H groups in total. The van der Waals surface area contributed by atoms with E-state index in [-0.39, 0.29) is 18.2 Å². The van der Waals surface area contributed by atoms with Crippen LogP contribution in [-0.4, -0.2) is 86.0 Å². The van der Waals surface area contributed by atoms with Gasteiger partial charge < -0.3 is 37.1 Å². The van der Waals surface area contributed by atoms with Crippen LogP contribution in [0, 0.1) is 5.92 Å². The summed E-state index contributed by atoms with van der Waals surface area (Å²) in [6.45, 7) is 7.33. The van der Waals surface area contributed by atoms with Crippen LogP contribution in [0.15, 0.2) is 60.7 Å². The van der Waals surface area contributed by atoms with E-state index < -0.39 is 41.9 Å². The zero-order valence-corrected chi connectivity index (χ0v) is 27.2. The molecule has 0 radical (unpaired) electrons. The number of benzene rings is 2. The minimum atomic E-state index is -0.983. The van der Waals surface area contributed by atoms with Gasteiger partial charge in [0.25, 0.3) is 0 Å². The molecule has 2 aromatic rings. The average Bonchev–Trinajstić information content (AvgIpc) is 3.03. The van der Waals surface area contributed by atoms with Crippen molar-refractivity contribution < 1.29 is 23.9 Å². The van der Waals surface area contributed by atoms with Gasteiger partial charge in [-0.1, -0.05) is 74.5 Å². The monoisotopic (exact) mass is 624 g/mol. The van der Waals surface area contributed by atoms with Gasteiger partial charge in [-0.05, 0) is 56.2 Å². The summed E-state index contributed by atoms with van der Waals surface area (Å²) in [7, 11) is 1.57. The highest BCUT2D eigenvalue weighted by Gasteiger charge is 2.32. The van der Waals surface area contributed by atoms with Gasteiger partial charge in [-0.2, -0.15) is 0 Å². The van der Waals surface area contributed by atoms with Crippen molar-refractivity contribution in [1.82, 2.24) is 20.9 Å². The minimum Gasteiger partial charge on any atom is -0.383 e. The van der Waals surface area contributed by atoms with E-state index in [2.05, 4.69) is 16.0 Å². The molecule has 0 bridgehead atoms. The number of carbonyl (C=O) groups excluding carboxylic acids is 4. The number of carbonyl (C=O) groups is 4. The molecule has 4 amide bonds. The van der Waals surface area contributed by atoms with E-state index in [0.29, 0.717) is 51.9 Å². The third-order valence-electron chi connectivity index (χ3n) is 7.46. The van der Waals surface area contributed by atoms with Gasteiger partial charge in [-0.25, -0.2) is 0 Å². The van der Waals surface area contributed by atoms with E-state index in [1.807, 2.05) is 81.4 Å². The van der Waals surface area contributed by atoms with Crippen molar-refractivity contribution in [2.45, 2.75) is 77.0 Å². The number of amides is 4. The molecule has 0 fully saturated rings. The number of hydrogen-bond donors (Lipinski definition) is 5. The standard InChI is InChI=1S/C34H52N6O5/c1-5-40(19-20-45-4)34(44)28(17-12-18-35)37-32(42)29(21-24(2)3)39-33(43)30(23-26-15-10-7-11-16-26)38-31(41)27(36)22-25-13-8-6-9-14-25/h6-11,13-16,24,27-30H,5,12,17-23,35-36H2,1-4H3,(H,37,42)(H,38,41)(H,39,43)/t27-,28-,29-,30-/m1/s1. The SMILES string of the molecule is CCN(CCOC)C(=O)[C@@H](CCCN)NC(=O)[C@@H](CC(C)C)NC(=O)[C@@H](Cc1ccccc1)NC(=O)[C@H](N)Cc1ccccc1. The van der Waals surface area contributed by atoms with Crippen molar-refractivity contribution >= 4 is 23.6 Å². The fourth-order valence-corrected chi connectivity index (χ4v) is 4.97. The van der Waals surface area contributed by atoms with Crippen LogP contribution in [0.3, 0.4) is 0 Å². The molecule has 2 aromatic carbocycles. The molecule has 0 saturated carbocycles. The maximum atomic E-state index is 13.8. The van der Waals surface area contributed by atoms with Crippen LogP contribution in [0.4, 0.5) is 0 Å². The predicted octanol–water partition coefficient (Wildman–Crippen LogP) is 1.53. The summed E-state index contributed by atoms with van der Waals surface area (Å²) in [5.41, 5.74) is 13.7. The van der Waals surface area contributed by atoms with Gasteiger partial charge in [0.2, 0.25) is 23.6 Å². The van der Waals surface area contributed by atoms with Crippen LogP contribution in [0.5, 0.6) is 0 Å². The Labute approximate surface area is 267 Å². The summed E-state index contributed by atoms with van der Waals surface area (Å²) >= 11 is 0. The van der Waals surface area contributed by atoms with Crippen molar-refractivity contribution in [3.8, 4) is 0 Å². The molecule has 0 saturated heterocycles. The normalized spacial score (nSPS) is 13.8. The smallest absolute Gasteiger partial charge is 0.245 e. The molecule has 0 aliphatic carbocycles. The lowest BCUT2D eigenvalue weighted by atomic mass is 9.99. The Morgan fingerprint density at radius 3 is 1.87 bits per heavy atom. The number of nitrogens with two attached hydrogens (primary N) is 2. The number of likely N-dealkylation sites (N-methyl/N-ethyl adjacent to an activating group) is 1. The average molecular weight is 625 g/mol. The molecule has 248 valence electrons. The summed E-state index contributed by atoms with van der Waals surface area (Å²) in [4.78, 5) is 55.6. The first-order valence-electron chi connectivity index (χ1n) is 15.8. The lowest BCUT2D eigenvalue weighted by Gasteiger charge is -2.29. The molecule has 11 heteroatoms. The second-order valence-corrected chi connectivity index (χ2v) is 11.6. The van der Waals surface area contributed by atoms with Crippen LogP contribution in [0.25, 0.3) is 0 Å². The quantitative estimate of drug-likeness (QED) is 0.149. The second-order valence-electron chi connectivity index (χ2n) is 11.6. The molecule has 45 heavy (non-hydrogen) atoms. The summed E-state index contributed by atoms with van der Waals surface area (Å²) in [6, 6.07) is 15.1. The largest absolute Gasteiger partial charge is 0.383 e.